The standard InChI is InChI=1S/C24H27N3O3/c1-4-17-8-10-18(11-9-17)21(28)12-13-22(29)26-23(24-25-14-15-27(24)2)19-6-5-7-20(16-19)30-3/h5-11,14-16,23H,4,12-13H2,1-3H3,(H,26,29). The summed E-state index contributed by atoms with van der Waals surface area (Å²) in [7, 11) is 3.48. The summed E-state index contributed by atoms with van der Waals surface area (Å²) in [6.45, 7) is 2.07. The maximum absolute atomic E-state index is 12.7. The van der Waals surface area contributed by atoms with Crippen molar-refractivity contribution < 1.29 is 14.3 Å². The van der Waals surface area contributed by atoms with Gasteiger partial charge in [0.1, 0.15) is 17.6 Å². The molecule has 0 saturated carbocycles. The molecule has 1 atom stereocenters. The van der Waals surface area contributed by atoms with E-state index in [4.69, 9.17) is 4.74 Å². The topological polar surface area (TPSA) is 73.2 Å². The highest BCUT2D eigenvalue weighted by molar-refractivity contribution is 5.98. The summed E-state index contributed by atoms with van der Waals surface area (Å²) >= 11 is 0. The predicted molar refractivity (Wildman–Crippen MR) is 116 cm³/mol. The smallest absolute Gasteiger partial charge is 0.221 e. The van der Waals surface area contributed by atoms with Crippen molar-refractivity contribution >= 4 is 11.7 Å². The summed E-state index contributed by atoms with van der Waals surface area (Å²) in [6.07, 6.45) is 4.72. The van der Waals surface area contributed by atoms with Crippen LogP contribution in [0.1, 0.15) is 53.1 Å². The second kappa shape index (κ2) is 9.87. The van der Waals surface area contributed by atoms with Crippen molar-refractivity contribution in [3.8, 4) is 5.75 Å². The molecule has 1 heterocycles. The molecule has 0 bridgehead atoms. The van der Waals surface area contributed by atoms with Crippen molar-refractivity contribution in [2.45, 2.75) is 32.2 Å². The first-order valence-electron chi connectivity index (χ1n) is 10.0. The fourth-order valence-electron chi connectivity index (χ4n) is 3.30. The second-order valence-corrected chi connectivity index (χ2v) is 7.15. The molecule has 0 aliphatic heterocycles. The lowest BCUT2D eigenvalue weighted by Gasteiger charge is -2.19. The van der Waals surface area contributed by atoms with Crippen LogP contribution in [0, 0.1) is 0 Å². The molecule has 0 radical (unpaired) electrons. The average molecular weight is 405 g/mol. The van der Waals surface area contributed by atoms with E-state index < -0.39 is 6.04 Å². The Morgan fingerprint density at radius 1 is 1.13 bits per heavy atom. The maximum atomic E-state index is 12.7. The molecule has 1 aromatic heterocycles. The van der Waals surface area contributed by atoms with Crippen molar-refractivity contribution in [3.05, 3.63) is 83.4 Å². The van der Waals surface area contributed by atoms with E-state index in [1.165, 1.54) is 5.56 Å². The minimum atomic E-state index is -0.438. The number of imidazole rings is 1. The number of ether oxygens (including phenoxy) is 1. The van der Waals surface area contributed by atoms with E-state index in [9.17, 15) is 9.59 Å². The van der Waals surface area contributed by atoms with Crippen LogP contribution in [-0.4, -0.2) is 28.4 Å². The van der Waals surface area contributed by atoms with Crippen LogP contribution in [0.15, 0.2) is 60.9 Å². The monoisotopic (exact) mass is 405 g/mol. The zero-order valence-corrected chi connectivity index (χ0v) is 17.6. The van der Waals surface area contributed by atoms with Crippen LogP contribution < -0.4 is 10.1 Å². The summed E-state index contributed by atoms with van der Waals surface area (Å²) < 4.78 is 7.18. The molecule has 0 aliphatic rings. The molecule has 6 heteroatoms. The number of carbonyl (C=O) groups is 2. The number of nitrogens with one attached hydrogen (secondary N) is 1. The molecule has 0 spiro atoms. The molecule has 1 amide bonds. The van der Waals surface area contributed by atoms with Gasteiger partial charge in [-0.1, -0.05) is 43.3 Å². The predicted octanol–water partition coefficient (Wildman–Crippen LogP) is 3.86. The Morgan fingerprint density at radius 2 is 1.90 bits per heavy atom. The van der Waals surface area contributed by atoms with E-state index in [2.05, 4.69) is 17.2 Å². The van der Waals surface area contributed by atoms with Crippen LogP contribution in [0.5, 0.6) is 5.75 Å². The molecule has 156 valence electrons. The highest BCUT2D eigenvalue weighted by Gasteiger charge is 2.21. The summed E-state index contributed by atoms with van der Waals surface area (Å²) in [5, 5.41) is 3.02. The molecule has 3 rings (SSSR count). The zero-order valence-electron chi connectivity index (χ0n) is 17.6. The molecule has 2 aromatic carbocycles. The summed E-state index contributed by atoms with van der Waals surface area (Å²) in [5.41, 5.74) is 2.67. The van der Waals surface area contributed by atoms with E-state index in [1.807, 2.05) is 66.3 Å². The number of carbonyl (C=O) groups excluding carboxylic acids is 2. The van der Waals surface area contributed by atoms with Crippen molar-refractivity contribution in [1.29, 1.82) is 0 Å². The van der Waals surface area contributed by atoms with Gasteiger partial charge in [-0.3, -0.25) is 9.59 Å². The lowest BCUT2D eigenvalue weighted by Crippen LogP contribution is -2.31. The van der Waals surface area contributed by atoms with Gasteiger partial charge in [0.15, 0.2) is 5.78 Å². The number of methoxy groups -OCH3 is 1. The van der Waals surface area contributed by atoms with Gasteiger partial charge >= 0.3 is 0 Å². The number of ketones is 1. The summed E-state index contributed by atoms with van der Waals surface area (Å²) in [6, 6.07) is 14.6. The van der Waals surface area contributed by atoms with Crippen LogP contribution in [-0.2, 0) is 18.3 Å². The Hall–Kier alpha value is -3.41. The largest absolute Gasteiger partial charge is 0.497 e. The van der Waals surface area contributed by atoms with Crippen LogP contribution in [0.3, 0.4) is 0 Å². The first kappa shape index (κ1) is 21.3. The molecule has 3 aromatic rings. The average Bonchev–Trinajstić information content (AvgIpc) is 3.21. The number of rotatable bonds is 9. The zero-order chi connectivity index (χ0) is 21.5. The number of amides is 1. The molecular weight excluding hydrogens is 378 g/mol. The van der Waals surface area contributed by atoms with Crippen LogP contribution in [0.4, 0.5) is 0 Å². The minimum absolute atomic E-state index is 0.0391. The first-order valence-corrected chi connectivity index (χ1v) is 10.0. The number of hydrogen-bond acceptors (Lipinski definition) is 4. The van der Waals surface area contributed by atoms with Crippen LogP contribution >= 0.6 is 0 Å². The molecule has 30 heavy (non-hydrogen) atoms. The lowest BCUT2D eigenvalue weighted by atomic mass is 10.0. The molecule has 0 saturated heterocycles. The number of aryl methyl sites for hydroxylation is 2. The van der Waals surface area contributed by atoms with E-state index in [1.54, 1.807) is 13.3 Å². The molecule has 1 unspecified atom stereocenters. The van der Waals surface area contributed by atoms with Crippen molar-refractivity contribution in [2.75, 3.05) is 7.11 Å². The SMILES string of the molecule is CCc1ccc(C(=O)CCC(=O)NC(c2cccc(OC)c2)c2nccn2C)cc1. The van der Waals surface area contributed by atoms with Crippen LogP contribution in [0.25, 0.3) is 0 Å². The molecule has 6 nitrogen and oxygen atoms in total. The second-order valence-electron chi connectivity index (χ2n) is 7.15. The summed E-state index contributed by atoms with van der Waals surface area (Å²) in [4.78, 5) is 29.6. The number of Topliss-reactive ketones (excluding diaryl/α,β-unsaturated/α-hetero) is 1. The van der Waals surface area contributed by atoms with Gasteiger partial charge < -0.3 is 14.6 Å². The molecular formula is C24H27N3O3. The van der Waals surface area contributed by atoms with Gasteiger partial charge in [0, 0.05) is 37.8 Å². The number of benzene rings is 2. The van der Waals surface area contributed by atoms with E-state index in [-0.39, 0.29) is 24.5 Å². The van der Waals surface area contributed by atoms with E-state index in [0.29, 0.717) is 17.1 Å². The highest BCUT2D eigenvalue weighted by atomic mass is 16.5. The Labute approximate surface area is 176 Å². The minimum Gasteiger partial charge on any atom is -0.497 e. The molecule has 1 N–H and O–H groups in total. The van der Waals surface area contributed by atoms with Crippen molar-refractivity contribution in [1.82, 2.24) is 14.9 Å². The van der Waals surface area contributed by atoms with Crippen molar-refractivity contribution in [2.24, 2.45) is 7.05 Å². The van der Waals surface area contributed by atoms with Crippen molar-refractivity contribution in [3.63, 3.8) is 0 Å². The van der Waals surface area contributed by atoms with Gasteiger partial charge in [-0.05, 0) is 29.7 Å². The molecule has 0 aliphatic carbocycles. The first-order chi connectivity index (χ1) is 14.5. The Morgan fingerprint density at radius 3 is 2.53 bits per heavy atom. The number of hydrogen-bond donors (Lipinski definition) is 1. The Balaban J connectivity index is 1.70. The van der Waals surface area contributed by atoms with Gasteiger partial charge in [-0.15, -0.1) is 0 Å². The maximum Gasteiger partial charge on any atom is 0.221 e. The van der Waals surface area contributed by atoms with Gasteiger partial charge in [0.25, 0.3) is 0 Å². The van der Waals surface area contributed by atoms with Gasteiger partial charge in [0.05, 0.1) is 7.11 Å². The Bertz CT molecular complexity index is 1010. The van der Waals surface area contributed by atoms with Crippen LogP contribution in [0.2, 0.25) is 0 Å². The highest BCUT2D eigenvalue weighted by Crippen LogP contribution is 2.24. The fraction of sp³-hybridized carbons (Fsp3) is 0.292. The van der Waals surface area contributed by atoms with E-state index >= 15 is 0 Å². The number of aromatic nitrogens is 2. The normalized spacial score (nSPS) is 11.7. The Kier molecular flexibility index (Phi) is 7.01. The third kappa shape index (κ3) is 5.14. The summed E-state index contributed by atoms with van der Waals surface area (Å²) in [5.74, 6) is 1.16. The third-order valence-electron chi connectivity index (χ3n) is 5.11. The van der Waals surface area contributed by atoms with Gasteiger partial charge in [0.2, 0.25) is 5.91 Å². The fourth-order valence-corrected chi connectivity index (χ4v) is 3.30. The lowest BCUT2D eigenvalue weighted by molar-refractivity contribution is -0.121. The van der Waals surface area contributed by atoms with Gasteiger partial charge in [-0.25, -0.2) is 4.98 Å². The van der Waals surface area contributed by atoms with Gasteiger partial charge in [-0.2, -0.15) is 0 Å². The molecule has 0 fully saturated rings. The quantitative estimate of drug-likeness (QED) is 0.549. The van der Waals surface area contributed by atoms with E-state index in [0.717, 1.165) is 12.0 Å². The third-order valence-corrected chi connectivity index (χ3v) is 5.11. The number of nitrogens with zero attached hydrogens (tertiary/aromatic N) is 2.